The summed E-state index contributed by atoms with van der Waals surface area (Å²) >= 11 is 0. The SMILES string of the molecule is Nc1cnc(-c2ccc(-c3ccccc3S(=O)N3CCCC3)cc2F)cn1. The van der Waals surface area contributed by atoms with Crippen LogP contribution in [0.3, 0.4) is 0 Å². The van der Waals surface area contributed by atoms with Crippen molar-refractivity contribution >= 4 is 16.8 Å². The van der Waals surface area contributed by atoms with Crippen LogP contribution in [0.1, 0.15) is 12.8 Å². The lowest BCUT2D eigenvalue weighted by Gasteiger charge is -2.17. The number of benzene rings is 2. The van der Waals surface area contributed by atoms with Crippen LogP contribution in [-0.2, 0) is 11.0 Å². The number of anilines is 1. The van der Waals surface area contributed by atoms with E-state index >= 15 is 0 Å². The number of rotatable bonds is 4. The van der Waals surface area contributed by atoms with Crippen molar-refractivity contribution in [3.05, 3.63) is 60.7 Å². The van der Waals surface area contributed by atoms with Gasteiger partial charge in [-0.05, 0) is 42.2 Å². The van der Waals surface area contributed by atoms with Gasteiger partial charge in [-0.1, -0.05) is 24.3 Å². The van der Waals surface area contributed by atoms with Crippen LogP contribution in [0, 0.1) is 5.82 Å². The fourth-order valence-corrected chi connectivity index (χ4v) is 4.65. The van der Waals surface area contributed by atoms with Crippen molar-refractivity contribution < 1.29 is 8.60 Å². The summed E-state index contributed by atoms with van der Waals surface area (Å²) in [6.07, 6.45) is 4.96. The normalized spacial score (nSPS) is 15.7. The maximum absolute atomic E-state index is 14.8. The largest absolute Gasteiger partial charge is 0.382 e. The molecule has 1 aliphatic rings. The summed E-state index contributed by atoms with van der Waals surface area (Å²) in [6.45, 7) is 1.65. The Bertz CT molecular complexity index is 988. The van der Waals surface area contributed by atoms with Crippen molar-refractivity contribution in [2.75, 3.05) is 18.8 Å². The Labute approximate surface area is 159 Å². The van der Waals surface area contributed by atoms with Crippen LogP contribution in [0.2, 0.25) is 0 Å². The summed E-state index contributed by atoms with van der Waals surface area (Å²) in [6, 6.07) is 12.4. The molecule has 1 atom stereocenters. The third-order valence-corrected chi connectivity index (χ3v) is 6.17. The molecule has 5 nitrogen and oxygen atoms in total. The average molecular weight is 382 g/mol. The number of nitrogen functional groups attached to an aromatic ring is 1. The summed E-state index contributed by atoms with van der Waals surface area (Å²) in [5, 5.41) is 0. The van der Waals surface area contributed by atoms with Gasteiger partial charge in [-0.3, -0.25) is 4.98 Å². The number of nitrogens with zero attached hydrogens (tertiary/aromatic N) is 3. The zero-order chi connectivity index (χ0) is 18.8. The first-order valence-corrected chi connectivity index (χ1v) is 9.88. The van der Waals surface area contributed by atoms with Crippen molar-refractivity contribution in [1.29, 1.82) is 0 Å². The van der Waals surface area contributed by atoms with E-state index in [1.807, 2.05) is 34.6 Å². The molecule has 2 aromatic carbocycles. The van der Waals surface area contributed by atoms with Gasteiger partial charge in [-0.15, -0.1) is 0 Å². The fraction of sp³-hybridized carbons (Fsp3) is 0.200. The highest BCUT2D eigenvalue weighted by Crippen LogP contribution is 2.31. The second-order valence-corrected chi connectivity index (χ2v) is 7.86. The fourth-order valence-electron chi connectivity index (χ4n) is 3.22. The van der Waals surface area contributed by atoms with Crippen LogP contribution in [0.15, 0.2) is 59.8 Å². The Kier molecular flexibility index (Phi) is 4.96. The zero-order valence-electron chi connectivity index (χ0n) is 14.6. The standard InChI is InChI=1S/C20H19FN4OS/c21-17-11-14(7-8-16(17)18-12-24-20(22)13-23-18)15-5-1-2-6-19(15)27(26)25-9-3-4-10-25/h1-2,5-8,11-13H,3-4,9-10H2,(H2,22,24). The predicted octanol–water partition coefficient (Wildman–Crippen LogP) is 3.65. The van der Waals surface area contributed by atoms with Crippen molar-refractivity contribution in [3.8, 4) is 22.4 Å². The highest BCUT2D eigenvalue weighted by molar-refractivity contribution is 7.82. The maximum atomic E-state index is 14.8. The Morgan fingerprint density at radius 2 is 1.78 bits per heavy atom. The predicted molar refractivity (Wildman–Crippen MR) is 104 cm³/mol. The maximum Gasteiger partial charge on any atom is 0.141 e. The van der Waals surface area contributed by atoms with Crippen molar-refractivity contribution in [1.82, 2.24) is 14.3 Å². The topological polar surface area (TPSA) is 72.1 Å². The number of halogens is 1. The van der Waals surface area contributed by atoms with Gasteiger partial charge in [0.1, 0.15) is 22.6 Å². The highest BCUT2D eigenvalue weighted by Gasteiger charge is 2.22. The third-order valence-electron chi connectivity index (χ3n) is 4.60. The average Bonchev–Trinajstić information content (AvgIpc) is 3.23. The first-order valence-electron chi connectivity index (χ1n) is 8.77. The molecule has 2 N–H and O–H groups in total. The lowest BCUT2D eigenvalue weighted by Crippen LogP contribution is -2.22. The minimum Gasteiger partial charge on any atom is -0.382 e. The molecule has 1 saturated heterocycles. The molecule has 4 rings (SSSR count). The van der Waals surface area contributed by atoms with Gasteiger partial charge in [0.05, 0.1) is 23.0 Å². The van der Waals surface area contributed by atoms with Crippen molar-refractivity contribution in [2.24, 2.45) is 0 Å². The molecule has 1 aliphatic heterocycles. The summed E-state index contributed by atoms with van der Waals surface area (Å²) in [7, 11) is -1.25. The molecule has 1 unspecified atom stereocenters. The molecule has 7 heteroatoms. The molecule has 1 aromatic heterocycles. The lowest BCUT2D eigenvalue weighted by atomic mass is 10.0. The van der Waals surface area contributed by atoms with Crippen LogP contribution >= 0.6 is 0 Å². The Morgan fingerprint density at radius 1 is 1.00 bits per heavy atom. The van der Waals surface area contributed by atoms with Gasteiger partial charge in [-0.25, -0.2) is 17.9 Å². The van der Waals surface area contributed by atoms with E-state index < -0.39 is 16.8 Å². The van der Waals surface area contributed by atoms with Crippen LogP contribution < -0.4 is 5.73 Å². The first-order chi connectivity index (χ1) is 13.1. The smallest absolute Gasteiger partial charge is 0.141 e. The second-order valence-electron chi connectivity index (χ2n) is 6.40. The van der Waals surface area contributed by atoms with Gasteiger partial charge >= 0.3 is 0 Å². The summed E-state index contributed by atoms with van der Waals surface area (Å²) in [5.41, 5.74) is 7.77. The number of hydrogen-bond donors (Lipinski definition) is 1. The summed E-state index contributed by atoms with van der Waals surface area (Å²) in [5.74, 6) is -0.123. The van der Waals surface area contributed by atoms with Crippen LogP contribution in [-0.4, -0.2) is 31.6 Å². The molecule has 0 aliphatic carbocycles. The minimum atomic E-state index is -1.25. The Hall–Kier alpha value is -2.64. The number of nitrogens with two attached hydrogens (primary N) is 1. The van der Waals surface area contributed by atoms with E-state index in [4.69, 9.17) is 5.73 Å². The van der Waals surface area contributed by atoms with Gasteiger partial charge < -0.3 is 5.73 Å². The molecule has 0 bridgehead atoms. The Morgan fingerprint density at radius 3 is 2.48 bits per heavy atom. The molecule has 0 spiro atoms. The molecule has 1 fully saturated rings. The van der Waals surface area contributed by atoms with E-state index in [0.29, 0.717) is 21.7 Å². The molecule has 138 valence electrons. The molecule has 0 radical (unpaired) electrons. The highest BCUT2D eigenvalue weighted by atomic mass is 32.2. The van der Waals surface area contributed by atoms with Gasteiger partial charge in [-0.2, -0.15) is 0 Å². The Balaban J connectivity index is 1.71. The molecule has 0 amide bonds. The van der Waals surface area contributed by atoms with Crippen molar-refractivity contribution in [2.45, 2.75) is 17.7 Å². The van der Waals surface area contributed by atoms with E-state index in [2.05, 4.69) is 9.97 Å². The summed E-state index contributed by atoms with van der Waals surface area (Å²) in [4.78, 5) is 8.80. The third kappa shape index (κ3) is 3.61. The van der Waals surface area contributed by atoms with E-state index in [9.17, 15) is 8.60 Å². The molecule has 3 aromatic rings. The summed E-state index contributed by atoms with van der Waals surface area (Å²) < 4.78 is 29.7. The molecule has 0 saturated carbocycles. The number of hydrogen-bond acceptors (Lipinski definition) is 4. The van der Waals surface area contributed by atoms with Crippen LogP contribution in [0.5, 0.6) is 0 Å². The number of aromatic nitrogens is 2. The molecule has 27 heavy (non-hydrogen) atoms. The van der Waals surface area contributed by atoms with Crippen LogP contribution in [0.25, 0.3) is 22.4 Å². The first kappa shape index (κ1) is 17.8. The second kappa shape index (κ2) is 7.54. The molecular formula is C20H19FN4OS. The van der Waals surface area contributed by atoms with Gasteiger partial charge in [0.2, 0.25) is 0 Å². The zero-order valence-corrected chi connectivity index (χ0v) is 15.5. The van der Waals surface area contributed by atoms with Crippen molar-refractivity contribution in [3.63, 3.8) is 0 Å². The quantitative estimate of drug-likeness (QED) is 0.748. The molecule has 2 heterocycles. The van der Waals surface area contributed by atoms with E-state index in [1.165, 1.54) is 18.5 Å². The van der Waals surface area contributed by atoms with Crippen LogP contribution in [0.4, 0.5) is 10.2 Å². The molecular weight excluding hydrogens is 363 g/mol. The van der Waals surface area contributed by atoms with E-state index in [-0.39, 0.29) is 5.82 Å². The minimum absolute atomic E-state index is 0.286. The van der Waals surface area contributed by atoms with Gasteiger partial charge in [0.15, 0.2) is 0 Å². The van der Waals surface area contributed by atoms with Gasteiger partial charge in [0, 0.05) is 18.7 Å². The monoisotopic (exact) mass is 382 g/mol. The van der Waals surface area contributed by atoms with Gasteiger partial charge in [0.25, 0.3) is 0 Å². The lowest BCUT2D eigenvalue weighted by molar-refractivity contribution is 0.536. The van der Waals surface area contributed by atoms with E-state index in [1.54, 1.807) is 6.07 Å². The van der Waals surface area contributed by atoms with E-state index in [0.717, 1.165) is 31.5 Å².